The van der Waals surface area contributed by atoms with Crippen LogP contribution in [0.3, 0.4) is 0 Å². The van der Waals surface area contributed by atoms with Gasteiger partial charge in [-0.3, -0.25) is 9.59 Å². The minimum atomic E-state index is -4.64. The van der Waals surface area contributed by atoms with Crippen LogP contribution in [-0.2, 0) is 6.18 Å². The number of para-hydroxylation sites is 2. The quantitative estimate of drug-likeness (QED) is 0.209. The van der Waals surface area contributed by atoms with Crippen molar-refractivity contribution in [2.75, 3.05) is 4.90 Å². The fourth-order valence-electron chi connectivity index (χ4n) is 5.88. The maximum absolute atomic E-state index is 14.4. The predicted molar refractivity (Wildman–Crippen MR) is 154 cm³/mol. The van der Waals surface area contributed by atoms with Gasteiger partial charge in [-0.1, -0.05) is 78.9 Å². The molecule has 1 aliphatic rings. The highest BCUT2D eigenvalue weighted by Crippen LogP contribution is 2.43. The van der Waals surface area contributed by atoms with E-state index < -0.39 is 23.6 Å². The average Bonchev–Trinajstić information content (AvgIpc) is 3.45. The Morgan fingerprint density at radius 1 is 0.610 bits per heavy atom. The number of amides is 2. The molecule has 0 atom stereocenters. The molecule has 41 heavy (non-hydrogen) atoms. The first kappa shape index (κ1) is 24.8. The molecule has 200 valence electrons. The van der Waals surface area contributed by atoms with E-state index in [1.165, 1.54) is 10.6 Å². The molecule has 2 heterocycles. The number of halogens is 3. The van der Waals surface area contributed by atoms with E-state index >= 15 is 0 Å². The van der Waals surface area contributed by atoms with Crippen molar-refractivity contribution in [1.82, 2.24) is 4.57 Å². The zero-order valence-corrected chi connectivity index (χ0v) is 21.7. The Hall–Kier alpha value is -5.17. The van der Waals surface area contributed by atoms with Gasteiger partial charge in [0.05, 0.1) is 39.1 Å². The van der Waals surface area contributed by atoms with Crippen LogP contribution in [0.4, 0.5) is 18.9 Å². The van der Waals surface area contributed by atoms with Crippen molar-refractivity contribution in [3.8, 4) is 16.8 Å². The number of hydrogen-bond acceptors (Lipinski definition) is 2. The summed E-state index contributed by atoms with van der Waals surface area (Å²) in [7, 11) is 0. The van der Waals surface area contributed by atoms with E-state index in [4.69, 9.17) is 0 Å². The Bertz CT molecular complexity index is 2020. The van der Waals surface area contributed by atoms with Gasteiger partial charge in [0.2, 0.25) is 0 Å². The van der Waals surface area contributed by atoms with E-state index in [1.807, 2.05) is 55.5 Å². The van der Waals surface area contributed by atoms with Gasteiger partial charge in [-0.25, -0.2) is 4.90 Å². The van der Waals surface area contributed by atoms with Crippen LogP contribution in [0.25, 0.3) is 38.6 Å². The van der Waals surface area contributed by atoms with Gasteiger partial charge >= 0.3 is 6.18 Å². The van der Waals surface area contributed by atoms with Crippen LogP contribution in [0.5, 0.6) is 0 Å². The van der Waals surface area contributed by atoms with Gasteiger partial charge in [0.15, 0.2) is 0 Å². The van der Waals surface area contributed by atoms with Crippen molar-refractivity contribution < 1.29 is 22.8 Å². The molecule has 7 heteroatoms. The normalized spacial score (nSPS) is 13.4. The molecule has 0 saturated carbocycles. The molecule has 5 aromatic carbocycles. The van der Waals surface area contributed by atoms with E-state index in [-0.39, 0.29) is 22.3 Å². The molecular formula is C34H21F3N2O2. The van der Waals surface area contributed by atoms with Crippen molar-refractivity contribution in [1.29, 1.82) is 0 Å². The SMILES string of the molecule is Cc1cccc2c3cccc(C(F)(F)F)c3n(-c3cccc4c3C(=O)N(c3ccc(-c5ccccc5)cc3)C4=O)c12. The van der Waals surface area contributed by atoms with Gasteiger partial charge in [-0.05, 0) is 53.9 Å². The Balaban J connectivity index is 1.44. The molecule has 0 radical (unpaired) electrons. The molecular weight excluding hydrogens is 525 g/mol. The fraction of sp³-hybridized carbons (Fsp3) is 0.0588. The number of imide groups is 1. The van der Waals surface area contributed by atoms with Gasteiger partial charge < -0.3 is 4.57 Å². The standard InChI is InChI=1S/C34H21F3N2O2/c1-20-8-5-11-24-25-12-6-14-27(34(35,36)37)31(25)39(30(20)24)28-15-7-13-26-29(28)33(41)38(32(26)40)23-18-16-22(17-19-23)21-9-3-2-4-10-21/h2-19H,1H3. The number of benzene rings is 5. The van der Waals surface area contributed by atoms with Gasteiger partial charge in [0.25, 0.3) is 11.8 Å². The van der Waals surface area contributed by atoms with Crippen molar-refractivity contribution >= 4 is 39.3 Å². The molecule has 0 fully saturated rings. The van der Waals surface area contributed by atoms with Gasteiger partial charge in [-0.15, -0.1) is 0 Å². The highest BCUT2D eigenvalue weighted by Gasteiger charge is 2.40. The Morgan fingerprint density at radius 3 is 1.95 bits per heavy atom. The first-order chi connectivity index (χ1) is 19.8. The number of hydrogen-bond donors (Lipinski definition) is 0. The first-order valence-electron chi connectivity index (χ1n) is 13.0. The lowest BCUT2D eigenvalue weighted by Gasteiger charge is -2.17. The number of anilines is 1. The summed E-state index contributed by atoms with van der Waals surface area (Å²) in [6.07, 6.45) is -4.64. The van der Waals surface area contributed by atoms with Crippen molar-refractivity contribution in [2.24, 2.45) is 0 Å². The lowest BCUT2D eigenvalue weighted by Crippen LogP contribution is -2.29. The van der Waals surface area contributed by atoms with E-state index in [1.54, 1.807) is 48.5 Å². The summed E-state index contributed by atoms with van der Waals surface area (Å²) in [6.45, 7) is 1.82. The Labute approximate surface area is 232 Å². The largest absolute Gasteiger partial charge is 0.418 e. The maximum atomic E-state index is 14.4. The summed E-state index contributed by atoms with van der Waals surface area (Å²) >= 11 is 0. The molecule has 6 aromatic rings. The summed E-state index contributed by atoms with van der Waals surface area (Å²) in [5, 5.41) is 1.05. The lowest BCUT2D eigenvalue weighted by atomic mass is 10.1. The number of fused-ring (bicyclic) bond motifs is 4. The number of aryl methyl sites for hydroxylation is 1. The van der Waals surface area contributed by atoms with Crippen LogP contribution >= 0.6 is 0 Å². The lowest BCUT2D eigenvalue weighted by molar-refractivity contribution is -0.136. The fourth-order valence-corrected chi connectivity index (χ4v) is 5.88. The minimum absolute atomic E-state index is 0.0522. The smallest absolute Gasteiger partial charge is 0.308 e. The van der Waals surface area contributed by atoms with Crippen LogP contribution in [0.1, 0.15) is 31.8 Å². The van der Waals surface area contributed by atoms with Crippen LogP contribution in [-0.4, -0.2) is 16.4 Å². The number of nitrogens with zero attached hydrogens (tertiary/aromatic N) is 2. The van der Waals surface area contributed by atoms with Crippen molar-refractivity contribution in [2.45, 2.75) is 13.1 Å². The molecule has 2 amide bonds. The summed E-state index contributed by atoms with van der Waals surface area (Å²) in [6, 6.07) is 31.0. The highest BCUT2D eigenvalue weighted by atomic mass is 19.4. The van der Waals surface area contributed by atoms with Crippen LogP contribution in [0, 0.1) is 6.92 Å². The number of carbonyl (C=O) groups excluding carboxylic acids is 2. The third kappa shape index (κ3) is 3.69. The predicted octanol–water partition coefficient (Wildman–Crippen LogP) is 8.58. The van der Waals surface area contributed by atoms with E-state index in [2.05, 4.69) is 0 Å². The second kappa shape index (κ2) is 8.93. The van der Waals surface area contributed by atoms with Gasteiger partial charge in [-0.2, -0.15) is 13.2 Å². The number of aromatic nitrogens is 1. The number of rotatable bonds is 3. The topological polar surface area (TPSA) is 42.3 Å². The summed E-state index contributed by atoms with van der Waals surface area (Å²) in [5.41, 5.74) is 3.19. The minimum Gasteiger partial charge on any atom is -0.308 e. The Morgan fingerprint density at radius 2 is 1.24 bits per heavy atom. The molecule has 0 bridgehead atoms. The second-order valence-corrected chi connectivity index (χ2v) is 10.1. The van der Waals surface area contributed by atoms with Crippen LogP contribution in [0.2, 0.25) is 0 Å². The zero-order valence-electron chi connectivity index (χ0n) is 21.7. The maximum Gasteiger partial charge on any atom is 0.418 e. The molecule has 0 unspecified atom stereocenters. The summed E-state index contributed by atoms with van der Waals surface area (Å²) in [4.78, 5) is 28.7. The van der Waals surface area contributed by atoms with Gasteiger partial charge in [0.1, 0.15) is 0 Å². The van der Waals surface area contributed by atoms with Crippen molar-refractivity contribution in [3.05, 3.63) is 131 Å². The Kier molecular flexibility index (Phi) is 5.41. The highest BCUT2D eigenvalue weighted by molar-refractivity contribution is 6.35. The molecule has 0 spiro atoms. The third-order valence-electron chi connectivity index (χ3n) is 7.68. The second-order valence-electron chi connectivity index (χ2n) is 10.1. The monoisotopic (exact) mass is 546 g/mol. The molecule has 1 aliphatic heterocycles. The van der Waals surface area contributed by atoms with E-state index in [0.29, 0.717) is 22.0 Å². The first-order valence-corrected chi connectivity index (χ1v) is 13.0. The molecule has 0 saturated heterocycles. The summed E-state index contributed by atoms with van der Waals surface area (Å²) in [5.74, 6) is -1.10. The van der Waals surface area contributed by atoms with E-state index in [9.17, 15) is 22.8 Å². The number of carbonyl (C=O) groups is 2. The van der Waals surface area contributed by atoms with Crippen LogP contribution in [0.15, 0.2) is 109 Å². The van der Waals surface area contributed by atoms with E-state index in [0.717, 1.165) is 27.7 Å². The molecule has 7 rings (SSSR count). The molecule has 1 aromatic heterocycles. The third-order valence-corrected chi connectivity index (χ3v) is 7.68. The van der Waals surface area contributed by atoms with Crippen LogP contribution < -0.4 is 4.90 Å². The van der Waals surface area contributed by atoms with Gasteiger partial charge in [0, 0.05) is 10.8 Å². The van der Waals surface area contributed by atoms with Crippen molar-refractivity contribution in [3.63, 3.8) is 0 Å². The summed E-state index contributed by atoms with van der Waals surface area (Å²) < 4.78 is 44.5. The molecule has 0 aliphatic carbocycles. The zero-order chi connectivity index (χ0) is 28.5. The molecule has 0 N–H and O–H groups in total. The number of alkyl halides is 3. The average molecular weight is 547 g/mol. The molecule has 4 nitrogen and oxygen atoms in total.